The molecule has 0 spiro atoms. The molecule has 0 radical (unpaired) electrons. The monoisotopic (exact) mass is 251 g/mol. The Balaban J connectivity index is 1.96. The highest BCUT2D eigenvalue weighted by atomic mass is 16.4. The molecule has 0 saturated carbocycles. The Morgan fingerprint density at radius 1 is 1.05 bits per heavy atom. The van der Waals surface area contributed by atoms with Gasteiger partial charge in [-0.05, 0) is 12.1 Å². The van der Waals surface area contributed by atoms with E-state index in [9.17, 15) is 5.21 Å². The molecule has 1 N–H and O–H groups in total. The van der Waals surface area contributed by atoms with Crippen molar-refractivity contribution in [3.63, 3.8) is 0 Å². The SMILES string of the molecule is O/N=C(\Cn1cnc2ccccc21)c1ccccc1. The van der Waals surface area contributed by atoms with Gasteiger partial charge in [0.25, 0.3) is 0 Å². The first kappa shape index (κ1) is 11.5. The number of hydrogen-bond acceptors (Lipinski definition) is 3. The van der Waals surface area contributed by atoms with Crippen LogP contribution in [0.5, 0.6) is 0 Å². The Labute approximate surface area is 110 Å². The van der Waals surface area contributed by atoms with Gasteiger partial charge in [-0.25, -0.2) is 4.98 Å². The average Bonchev–Trinajstić information content (AvgIpc) is 2.89. The highest BCUT2D eigenvalue weighted by Crippen LogP contribution is 2.13. The summed E-state index contributed by atoms with van der Waals surface area (Å²) in [5.74, 6) is 0. The number of oxime groups is 1. The molecule has 3 aromatic rings. The standard InChI is InChI=1S/C15H13N3O/c19-17-14(12-6-2-1-3-7-12)10-18-11-16-13-8-4-5-9-15(13)18/h1-9,11,19H,10H2/b17-14+. The van der Waals surface area contributed by atoms with E-state index in [0.29, 0.717) is 12.3 Å². The largest absolute Gasteiger partial charge is 0.411 e. The van der Waals surface area contributed by atoms with Crippen LogP contribution in [0.25, 0.3) is 11.0 Å². The van der Waals surface area contributed by atoms with Crippen LogP contribution in [0, 0.1) is 0 Å². The predicted molar refractivity (Wildman–Crippen MR) is 74.5 cm³/mol. The lowest BCUT2D eigenvalue weighted by molar-refractivity contribution is 0.317. The molecule has 0 fully saturated rings. The molecule has 1 heterocycles. The third kappa shape index (κ3) is 2.20. The molecule has 0 saturated heterocycles. The maximum absolute atomic E-state index is 9.20. The van der Waals surface area contributed by atoms with Crippen LogP contribution in [0.4, 0.5) is 0 Å². The Morgan fingerprint density at radius 3 is 2.58 bits per heavy atom. The van der Waals surface area contributed by atoms with Gasteiger partial charge in [-0.1, -0.05) is 47.6 Å². The normalized spacial score (nSPS) is 11.9. The van der Waals surface area contributed by atoms with Gasteiger partial charge in [0.2, 0.25) is 0 Å². The molecule has 0 unspecified atom stereocenters. The highest BCUT2D eigenvalue weighted by molar-refractivity contribution is 6.00. The summed E-state index contributed by atoms with van der Waals surface area (Å²) in [6, 6.07) is 17.5. The van der Waals surface area contributed by atoms with Crippen LogP contribution in [0.2, 0.25) is 0 Å². The summed E-state index contributed by atoms with van der Waals surface area (Å²) in [5.41, 5.74) is 3.49. The van der Waals surface area contributed by atoms with E-state index < -0.39 is 0 Å². The second-order valence-corrected chi connectivity index (χ2v) is 4.27. The van der Waals surface area contributed by atoms with Crippen LogP contribution in [0.3, 0.4) is 0 Å². The van der Waals surface area contributed by atoms with Gasteiger partial charge in [-0.3, -0.25) is 0 Å². The summed E-state index contributed by atoms with van der Waals surface area (Å²) in [5, 5.41) is 12.6. The summed E-state index contributed by atoms with van der Waals surface area (Å²) >= 11 is 0. The molecule has 0 aliphatic carbocycles. The van der Waals surface area contributed by atoms with Crippen LogP contribution in [0.15, 0.2) is 66.1 Å². The van der Waals surface area contributed by atoms with Crippen molar-refractivity contribution in [1.29, 1.82) is 0 Å². The molecule has 4 nitrogen and oxygen atoms in total. The molecule has 0 atom stereocenters. The van der Waals surface area contributed by atoms with E-state index in [2.05, 4.69) is 10.1 Å². The van der Waals surface area contributed by atoms with E-state index in [4.69, 9.17) is 0 Å². The predicted octanol–water partition coefficient (Wildman–Crippen LogP) is 2.91. The first-order valence-electron chi connectivity index (χ1n) is 6.05. The topological polar surface area (TPSA) is 50.4 Å². The van der Waals surface area contributed by atoms with Crippen molar-refractivity contribution in [2.45, 2.75) is 6.54 Å². The molecule has 2 aromatic carbocycles. The van der Waals surface area contributed by atoms with Crippen molar-refractivity contribution in [2.24, 2.45) is 5.16 Å². The zero-order valence-electron chi connectivity index (χ0n) is 10.3. The van der Waals surface area contributed by atoms with Gasteiger partial charge in [-0.15, -0.1) is 0 Å². The Morgan fingerprint density at radius 2 is 1.79 bits per heavy atom. The minimum Gasteiger partial charge on any atom is -0.411 e. The van der Waals surface area contributed by atoms with E-state index >= 15 is 0 Å². The summed E-state index contributed by atoms with van der Waals surface area (Å²) < 4.78 is 1.97. The van der Waals surface area contributed by atoms with Crippen molar-refractivity contribution in [2.75, 3.05) is 0 Å². The van der Waals surface area contributed by atoms with Crippen molar-refractivity contribution >= 4 is 16.7 Å². The molecule has 3 rings (SSSR count). The molecule has 0 bridgehead atoms. The van der Waals surface area contributed by atoms with Crippen molar-refractivity contribution in [3.05, 3.63) is 66.5 Å². The van der Waals surface area contributed by atoms with E-state index in [1.54, 1.807) is 6.33 Å². The molecular formula is C15H13N3O. The second-order valence-electron chi connectivity index (χ2n) is 4.27. The first-order chi connectivity index (χ1) is 9.38. The number of benzene rings is 2. The van der Waals surface area contributed by atoms with Gasteiger partial charge in [-0.2, -0.15) is 0 Å². The fourth-order valence-electron chi connectivity index (χ4n) is 2.11. The number of aromatic nitrogens is 2. The maximum Gasteiger partial charge on any atom is 0.106 e. The number of para-hydroxylation sites is 2. The fourth-order valence-corrected chi connectivity index (χ4v) is 2.11. The van der Waals surface area contributed by atoms with E-state index in [-0.39, 0.29) is 0 Å². The summed E-state index contributed by atoms with van der Waals surface area (Å²) in [4.78, 5) is 4.33. The van der Waals surface area contributed by atoms with Crippen LogP contribution in [-0.2, 0) is 6.54 Å². The van der Waals surface area contributed by atoms with Gasteiger partial charge >= 0.3 is 0 Å². The molecule has 1 aromatic heterocycles. The van der Waals surface area contributed by atoms with E-state index in [1.807, 2.05) is 59.2 Å². The third-order valence-electron chi connectivity index (χ3n) is 3.08. The van der Waals surface area contributed by atoms with E-state index in [0.717, 1.165) is 16.6 Å². The lowest BCUT2D eigenvalue weighted by atomic mass is 10.1. The smallest absolute Gasteiger partial charge is 0.106 e. The zero-order chi connectivity index (χ0) is 13.1. The van der Waals surface area contributed by atoms with Crippen molar-refractivity contribution < 1.29 is 5.21 Å². The Hall–Kier alpha value is -2.62. The number of rotatable bonds is 3. The van der Waals surface area contributed by atoms with E-state index in [1.165, 1.54) is 0 Å². The van der Waals surface area contributed by atoms with Crippen LogP contribution < -0.4 is 0 Å². The first-order valence-corrected chi connectivity index (χ1v) is 6.05. The van der Waals surface area contributed by atoms with Gasteiger partial charge in [0, 0.05) is 5.56 Å². The van der Waals surface area contributed by atoms with Crippen LogP contribution >= 0.6 is 0 Å². The minimum atomic E-state index is 0.487. The number of nitrogens with zero attached hydrogens (tertiary/aromatic N) is 3. The molecule has 19 heavy (non-hydrogen) atoms. The summed E-state index contributed by atoms with van der Waals surface area (Å²) in [6.45, 7) is 0.487. The molecule has 0 aliphatic rings. The third-order valence-corrected chi connectivity index (χ3v) is 3.08. The van der Waals surface area contributed by atoms with Crippen LogP contribution in [0.1, 0.15) is 5.56 Å². The fraction of sp³-hybridized carbons (Fsp3) is 0.0667. The lowest BCUT2D eigenvalue weighted by Gasteiger charge is -2.06. The van der Waals surface area contributed by atoms with Crippen LogP contribution in [-0.4, -0.2) is 20.5 Å². The average molecular weight is 251 g/mol. The molecule has 4 heteroatoms. The summed E-state index contributed by atoms with van der Waals surface area (Å²) in [6.07, 6.45) is 1.76. The Kier molecular flexibility index (Phi) is 2.98. The zero-order valence-corrected chi connectivity index (χ0v) is 10.3. The van der Waals surface area contributed by atoms with Gasteiger partial charge in [0.1, 0.15) is 5.71 Å². The van der Waals surface area contributed by atoms with Gasteiger partial charge in [0.15, 0.2) is 0 Å². The quantitative estimate of drug-likeness (QED) is 0.442. The van der Waals surface area contributed by atoms with Crippen molar-refractivity contribution in [1.82, 2.24) is 9.55 Å². The highest BCUT2D eigenvalue weighted by Gasteiger charge is 2.07. The van der Waals surface area contributed by atoms with Gasteiger partial charge in [0.05, 0.1) is 23.9 Å². The number of fused-ring (bicyclic) bond motifs is 1. The minimum absolute atomic E-state index is 0.487. The Bertz CT molecular complexity index is 716. The number of hydrogen-bond donors (Lipinski definition) is 1. The molecular weight excluding hydrogens is 238 g/mol. The lowest BCUT2D eigenvalue weighted by Crippen LogP contribution is -2.10. The number of imidazole rings is 1. The molecule has 94 valence electrons. The van der Waals surface area contributed by atoms with Gasteiger partial charge < -0.3 is 9.77 Å². The second kappa shape index (κ2) is 4.94. The maximum atomic E-state index is 9.20. The summed E-state index contributed by atoms with van der Waals surface area (Å²) in [7, 11) is 0. The van der Waals surface area contributed by atoms with Crippen molar-refractivity contribution in [3.8, 4) is 0 Å². The molecule has 0 aliphatic heterocycles. The molecule has 0 amide bonds.